The number of hydrogen-bond donors (Lipinski definition) is 1. The van der Waals surface area contributed by atoms with Gasteiger partial charge in [0.25, 0.3) is 0 Å². The Bertz CT molecular complexity index is 336. The highest BCUT2D eigenvalue weighted by Crippen LogP contribution is 2.27. The molecule has 17 heavy (non-hydrogen) atoms. The molecule has 2 heteroatoms. The Morgan fingerprint density at radius 2 is 1.88 bits per heavy atom. The minimum atomic E-state index is -0.311. The van der Waals surface area contributed by atoms with Crippen molar-refractivity contribution < 1.29 is 5.11 Å². The fraction of sp³-hybridized carbons (Fsp3) is 0.600. The van der Waals surface area contributed by atoms with Crippen LogP contribution in [0.1, 0.15) is 62.7 Å². The monoisotopic (exact) mass is 298 g/mol. The number of aliphatic hydroxyl groups excluding tert-OH is 1. The van der Waals surface area contributed by atoms with E-state index in [-0.39, 0.29) is 6.10 Å². The maximum absolute atomic E-state index is 10.2. The van der Waals surface area contributed by atoms with E-state index in [0.29, 0.717) is 0 Å². The maximum Gasteiger partial charge on any atom is 0.0793 e. The molecule has 0 aromatic heterocycles. The van der Waals surface area contributed by atoms with Crippen LogP contribution in [0, 0.1) is 6.92 Å². The van der Waals surface area contributed by atoms with Crippen LogP contribution in [-0.4, -0.2) is 5.11 Å². The van der Waals surface area contributed by atoms with Gasteiger partial charge in [-0.15, -0.1) is 0 Å². The van der Waals surface area contributed by atoms with Crippen molar-refractivity contribution in [3.05, 3.63) is 33.8 Å². The van der Waals surface area contributed by atoms with Crippen molar-refractivity contribution in [3.63, 3.8) is 0 Å². The fourth-order valence-corrected chi connectivity index (χ4v) is 2.46. The van der Waals surface area contributed by atoms with Gasteiger partial charge >= 0.3 is 0 Å². The Labute approximate surface area is 113 Å². The summed E-state index contributed by atoms with van der Waals surface area (Å²) >= 11 is 3.51. The van der Waals surface area contributed by atoms with Crippen LogP contribution in [0.25, 0.3) is 0 Å². The van der Waals surface area contributed by atoms with E-state index in [1.807, 2.05) is 18.2 Å². The SMILES string of the molecule is CCCCCCCC(O)c1cccc(Br)c1C. The molecular formula is C15H23BrO. The predicted octanol–water partition coefficient (Wildman–Crippen LogP) is 5.15. The van der Waals surface area contributed by atoms with E-state index < -0.39 is 0 Å². The lowest BCUT2D eigenvalue weighted by Gasteiger charge is -2.14. The average Bonchev–Trinajstić information content (AvgIpc) is 2.32. The van der Waals surface area contributed by atoms with E-state index in [2.05, 4.69) is 29.8 Å². The van der Waals surface area contributed by atoms with Gasteiger partial charge in [0.05, 0.1) is 6.10 Å². The van der Waals surface area contributed by atoms with Gasteiger partial charge in [-0.05, 0) is 30.5 Å². The Morgan fingerprint density at radius 3 is 2.59 bits per heavy atom. The zero-order valence-electron chi connectivity index (χ0n) is 10.9. The summed E-state index contributed by atoms with van der Waals surface area (Å²) in [5.41, 5.74) is 2.23. The molecule has 0 amide bonds. The summed E-state index contributed by atoms with van der Waals surface area (Å²) in [5.74, 6) is 0. The molecule has 1 aromatic rings. The molecule has 0 aliphatic rings. The van der Waals surface area contributed by atoms with Gasteiger partial charge < -0.3 is 5.11 Å². The molecule has 0 fully saturated rings. The van der Waals surface area contributed by atoms with Crippen molar-refractivity contribution >= 4 is 15.9 Å². The average molecular weight is 299 g/mol. The molecule has 1 nitrogen and oxygen atoms in total. The molecule has 0 bridgehead atoms. The molecule has 96 valence electrons. The summed E-state index contributed by atoms with van der Waals surface area (Å²) in [5, 5.41) is 10.2. The second-order valence-corrected chi connectivity index (χ2v) is 5.53. The van der Waals surface area contributed by atoms with Crippen LogP contribution in [0.5, 0.6) is 0 Å². The lowest BCUT2D eigenvalue weighted by molar-refractivity contribution is 0.162. The smallest absolute Gasteiger partial charge is 0.0793 e. The Hall–Kier alpha value is -0.340. The zero-order chi connectivity index (χ0) is 12.7. The van der Waals surface area contributed by atoms with Crippen molar-refractivity contribution in [2.45, 2.75) is 58.5 Å². The third-order valence-electron chi connectivity index (χ3n) is 3.25. The summed E-state index contributed by atoms with van der Waals surface area (Å²) in [7, 11) is 0. The third kappa shape index (κ3) is 4.81. The molecule has 0 heterocycles. The highest BCUT2D eigenvalue weighted by molar-refractivity contribution is 9.10. The second kappa shape index (κ2) is 7.88. The van der Waals surface area contributed by atoms with E-state index in [1.165, 1.54) is 25.7 Å². The number of rotatable bonds is 7. The van der Waals surface area contributed by atoms with Gasteiger partial charge in [-0.2, -0.15) is 0 Å². The minimum absolute atomic E-state index is 0.311. The van der Waals surface area contributed by atoms with Gasteiger partial charge in [0, 0.05) is 4.47 Å². The van der Waals surface area contributed by atoms with Gasteiger partial charge in [0.1, 0.15) is 0 Å². The third-order valence-corrected chi connectivity index (χ3v) is 4.11. The van der Waals surface area contributed by atoms with Crippen molar-refractivity contribution in [2.75, 3.05) is 0 Å². The van der Waals surface area contributed by atoms with Gasteiger partial charge in [0.15, 0.2) is 0 Å². The van der Waals surface area contributed by atoms with Gasteiger partial charge in [-0.3, -0.25) is 0 Å². The van der Waals surface area contributed by atoms with Crippen molar-refractivity contribution in [1.29, 1.82) is 0 Å². The highest BCUT2D eigenvalue weighted by Gasteiger charge is 2.11. The van der Waals surface area contributed by atoms with Crippen LogP contribution in [0.4, 0.5) is 0 Å². The summed E-state index contributed by atoms with van der Waals surface area (Å²) in [6, 6.07) is 6.04. The van der Waals surface area contributed by atoms with Crippen LogP contribution in [-0.2, 0) is 0 Å². The summed E-state index contributed by atoms with van der Waals surface area (Å²) in [6.45, 7) is 4.28. The Balaban J connectivity index is 2.41. The molecule has 1 aromatic carbocycles. The number of unbranched alkanes of at least 4 members (excludes halogenated alkanes) is 4. The first-order chi connectivity index (χ1) is 8.16. The van der Waals surface area contributed by atoms with Gasteiger partial charge in [0.2, 0.25) is 0 Å². The predicted molar refractivity (Wildman–Crippen MR) is 77.2 cm³/mol. The molecule has 0 saturated heterocycles. The van der Waals surface area contributed by atoms with E-state index in [9.17, 15) is 5.11 Å². The van der Waals surface area contributed by atoms with Crippen molar-refractivity contribution in [3.8, 4) is 0 Å². The van der Waals surface area contributed by atoms with E-state index in [4.69, 9.17) is 0 Å². The van der Waals surface area contributed by atoms with Crippen LogP contribution in [0.3, 0.4) is 0 Å². The van der Waals surface area contributed by atoms with E-state index in [0.717, 1.165) is 28.4 Å². The first kappa shape index (κ1) is 14.7. The van der Waals surface area contributed by atoms with Crippen LogP contribution in [0.15, 0.2) is 22.7 Å². The van der Waals surface area contributed by atoms with Gasteiger partial charge in [-0.1, -0.05) is 67.1 Å². The number of aliphatic hydroxyl groups is 1. The first-order valence-corrected chi connectivity index (χ1v) is 7.39. The topological polar surface area (TPSA) is 20.2 Å². The standard InChI is InChI=1S/C15H23BrO/c1-3-4-5-6-7-11-15(17)13-9-8-10-14(16)12(13)2/h8-10,15,17H,3-7,11H2,1-2H3. The molecule has 1 unspecified atom stereocenters. The Kier molecular flexibility index (Phi) is 6.83. The lowest BCUT2D eigenvalue weighted by Crippen LogP contribution is -2.00. The molecule has 1 atom stereocenters. The molecule has 1 N–H and O–H groups in total. The zero-order valence-corrected chi connectivity index (χ0v) is 12.5. The van der Waals surface area contributed by atoms with Crippen LogP contribution < -0.4 is 0 Å². The molecule has 0 aliphatic heterocycles. The number of benzene rings is 1. The molecule has 0 radical (unpaired) electrons. The second-order valence-electron chi connectivity index (χ2n) is 4.67. The maximum atomic E-state index is 10.2. The Morgan fingerprint density at radius 1 is 1.18 bits per heavy atom. The fourth-order valence-electron chi connectivity index (χ4n) is 2.08. The summed E-state index contributed by atoms with van der Waals surface area (Å²) in [6.07, 6.45) is 6.79. The summed E-state index contributed by atoms with van der Waals surface area (Å²) < 4.78 is 1.08. The van der Waals surface area contributed by atoms with Gasteiger partial charge in [-0.25, -0.2) is 0 Å². The normalized spacial score (nSPS) is 12.7. The largest absolute Gasteiger partial charge is 0.388 e. The summed E-state index contributed by atoms with van der Waals surface area (Å²) in [4.78, 5) is 0. The highest BCUT2D eigenvalue weighted by atomic mass is 79.9. The lowest BCUT2D eigenvalue weighted by atomic mass is 9.98. The van der Waals surface area contributed by atoms with Crippen molar-refractivity contribution in [1.82, 2.24) is 0 Å². The quantitative estimate of drug-likeness (QED) is 0.690. The van der Waals surface area contributed by atoms with Crippen molar-refractivity contribution in [2.24, 2.45) is 0 Å². The van der Waals surface area contributed by atoms with Crippen LogP contribution in [0.2, 0.25) is 0 Å². The number of hydrogen-bond acceptors (Lipinski definition) is 1. The number of halogens is 1. The van der Waals surface area contributed by atoms with Crippen LogP contribution >= 0.6 is 15.9 Å². The molecule has 0 saturated carbocycles. The molecule has 1 rings (SSSR count). The first-order valence-electron chi connectivity index (χ1n) is 6.60. The van der Waals surface area contributed by atoms with E-state index >= 15 is 0 Å². The molecule has 0 aliphatic carbocycles. The minimum Gasteiger partial charge on any atom is -0.388 e. The molecular weight excluding hydrogens is 276 g/mol. The molecule has 0 spiro atoms. The van der Waals surface area contributed by atoms with E-state index in [1.54, 1.807) is 0 Å².